The Morgan fingerprint density at radius 2 is 2.17 bits per heavy atom. The SMILES string of the molecule is CCNc1ccc(S(=O)(=O)N(C)CCOC)cn1. The third kappa shape index (κ3) is 3.66. The molecule has 0 aliphatic carbocycles. The van der Waals surface area contributed by atoms with Crippen molar-refractivity contribution in [1.82, 2.24) is 9.29 Å². The van der Waals surface area contributed by atoms with Crippen LogP contribution in [0.1, 0.15) is 6.92 Å². The van der Waals surface area contributed by atoms with Gasteiger partial charge in [0.05, 0.1) is 6.61 Å². The Bertz CT molecular complexity index is 459. The molecule has 0 bridgehead atoms. The molecule has 0 aliphatic heterocycles. The normalized spacial score (nSPS) is 11.8. The van der Waals surface area contributed by atoms with Crippen LogP contribution in [0.2, 0.25) is 0 Å². The summed E-state index contributed by atoms with van der Waals surface area (Å²) in [7, 11) is -0.425. The predicted octanol–water partition coefficient (Wildman–Crippen LogP) is 0.780. The molecule has 0 radical (unpaired) electrons. The second kappa shape index (κ2) is 6.67. The quantitative estimate of drug-likeness (QED) is 0.795. The molecule has 1 aromatic rings. The second-order valence-corrected chi connectivity index (χ2v) is 5.77. The van der Waals surface area contributed by atoms with Gasteiger partial charge < -0.3 is 10.1 Å². The molecule has 1 aromatic heterocycles. The van der Waals surface area contributed by atoms with Crippen LogP contribution >= 0.6 is 0 Å². The Morgan fingerprint density at radius 1 is 1.44 bits per heavy atom. The number of methoxy groups -OCH3 is 1. The Labute approximate surface area is 108 Å². The molecule has 0 aliphatic rings. The topological polar surface area (TPSA) is 71.5 Å². The lowest BCUT2D eigenvalue weighted by atomic mass is 10.4. The maximum atomic E-state index is 12.1. The Kier molecular flexibility index (Phi) is 5.52. The average Bonchev–Trinajstić information content (AvgIpc) is 2.37. The zero-order chi connectivity index (χ0) is 13.6. The molecule has 1 heterocycles. The molecule has 102 valence electrons. The Balaban J connectivity index is 2.84. The summed E-state index contributed by atoms with van der Waals surface area (Å²) in [5.74, 6) is 0.663. The Hall–Kier alpha value is -1.18. The minimum Gasteiger partial charge on any atom is -0.383 e. The number of ether oxygens (including phenoxy) is 1. The van der Waals surface area contributed by atoms with E-state index in [0.717, 1.165) is 6.54 Å². The van der Waals surface area contributed by atoms with Crippen LogP contribution < -0.4 is 5.32 Å². The van der Waals surface area contributed by atoms with E-state index in [-0.39, 0.29) is 4.90 Å². The maximum Gasteiger partial charge on any atom is 0.244 e. The van der Waals surface area contributed by atoms with E-state index in [1.807, 2.05) is 6.92 Å². The summed E-state index contributed by atoms with van der Waals surface area (Å²) in [4.78, 5) is 4.23. The third-order valence-electron chi connectivity index (χ3n) is 2.41. The molecule has 0 atom stereocenters. The van der Waals surface area contributed by atoms with Crippen LogP contribution in [0.15, 0.2) is 23.2 Å². The predicted molar refractivity (Wildman–Crippen MR) is 70.1 cm³/mol. The number of pyridine rings is 1. The number of nitrogens with one attached hydrogen (secondary N) is 1. The molecule has 0 amide bonds. The van der Waals surface area contributed by atoms with E-state index >= 15 is 0 Å². The fourth-order valence-electron chi connectivity index (χ4n) is 1.34. The fourth-order valence-corrected chi connectivity index (χ4v) is 2.44. The molecule has 0 unspecified atom stereocenters. The van der Waals surface area contributed by atoms with Gasteiger partial charge in [0.2, 0.25) is 10.0 Å². The molecule has 0 fully saturated rings. The van der Waals surface area contributed by atoms with Crippen LogP contribution in [0, 0.1) is 0 Å². The van der Waals surface area contributed by atoms with Crippen LogP contribution in [-0.2, 0) is 14.8 Å². The minimum atomic E-state index is -3.48. The summed E-state index contributed by atoms with van der Waals surface area (Å²) in [6.45, 7) is 3.37. The summed E-state index contributed by atoms with van der Waals surface area (Å²) in [6, 6.07) is 3.20. The monoisotopic (exact) mass is 273 g/mol. The van der Waals surface area contributed by atoms with Crippen LogP contribution in [0.5, 0.6) is 0 Å². The molecule has 6 nitrogen and oxygen atoms in total. The van der Waals surface area contributed by atoms with Crippen molar-refractivity contribution in [3.8, 4) is 0 Å². The van der Waals surface area contributed by atoms with Gasteiger partial charge in [0.15, 0.2) is 0 Å². The van der Waals surface area contributed by atoms with Gasteiger partial charge >= 0.3 is 0 Å². The number of hydrogen-bond acceptors (Lipinski definition) is 5. The average molecular weight is 273 g/mol. The standard InChI is InChI=1S/C11H19N3O3S/c1-4-12-11-6-5-10(9-13-11)18(15,16)14(2)7-8-17-3/h5-6,9H,4,7-8H2,1-3H3,(H,12,13). The highest BCUT2D eigenvalue weighted by Crippen LogP contribution is 2.14. The van der Waals surface area contributed by atoms with Crippen molar-refractivity contribution < 1.29 is 13.2 Å². The minimum absolute atomic E-state index is 0.183. The lowest BCUT2D eigenvalue weighted by Crippen LogP contribution is -2.30. The number of aromatic nitrogens is 1. The first-order chi connectivity index (χ1) is 8.52. The van der Waals surface area contributed by atoms with E-state index in [0.29, 0.717) is 19.0 Å². The van der Waals surface area contributed by atoms with Gasteiger partial charge in [-0.25, -0.2) is 13.4 Å². The van der Waals surface area contributed by atoms with Crippen molar-refractivity contribution in [1.29, 1.82) is 0 Å². The number of anilines is 1. The van der Waals surface area contributed by atoms with E-state index in [1.165, 1.54) is 24.7 Å². The van der Waals surface area contributed by atoms with Gasteiger partial charge in [0, 0.05) is 33.4 Å². The molecule has 0 aromatic carbocycles. The van der Waals surface area contributed by atoms with Crippen LogP contribution in [0.3, 0.4) is 0 Å². The van der Waals surface area contributed by atoms with Gasteiger partial charge in [-0.2, -0.15) is 4.31 Å². The van der Waals surface area contributed by atoms with E-state index in [4.69, 9.17) is 4.74 Å². The smallest absolute Gasteiger partial charge is 0.244 e. The largest absolute Gasteiger partial charge is 0.383 e. The first kappa shape index (κ1) is 14.9. The van der Waals surface area contributed by atoms with Gasteiger partial charge in [0.1, 0.15) is 10.7 Å². The zero-order valence-electron chi connectivity index (χ0n) is 10.9. The number of hydrogen-bond donors (Lipinski definition) is 1. The number of nitrogens with zero attached hydrogens (tertiary/aromatic N) is 2. The molecular formula is C11H19N3O3S. The van der Waals surface area contributed by atoms with Gasteiger partial charge in [0.25, 0.3) is 0 Å². The molecule has 18 heavy (non-hydrogen) atoms. The summed E-state index contributed by atoms with van der Waals surface area (Å²) < 4.78 is 30.3. The van der Waals surface area contributed by atoms with Crippen LogP contribution in [0.25, 0.3) is 0 Å². The molecule has 0 spiro atoms. The van der Waals surface area contributed by atoms with E-state index in [9.17, 15) is 8.42 Å². The molecule has 1 rings (SSSR count). The molecule has 7 heteroatoms. The highest BCUT2D eigenvalue weighted by atomic mass is 32.2. The number of likely N-dealkylation sites (N-methyl/N-ethyl adjacent to an activating group) is 1. The van der Waals surface area contributed by atoms with Crippen molar-refractivity contribution in [3.63, 3.8) is 0 Å². The van der Waals surface area contributed by atoms with Crippen LogP contribution in [0.4, 0.5) is 5.82 Å². The number of sulfonamides is 1. The summed E-state index contributed by atoms with van der Waals surface area (Å²) in [6.07, 6.45) is 1.36. The molecule has 1 N–H and O–H groups in total. The first-order valence-electron chi connectivity index (χ1n) is 5.67. The summed E-state index contributed by atoms with van der Waals surface area (Å²) in [5, 5.41) is 3.01. The lowest BCUT2D eigenvalue weighted by Gasteiger charge is -2.16. The summed E-state index contributed by atoms with van der Waals surface area (Å²) in [5.41, 5.74) is 0. The van der Waals surface area contributed by atoms with Crippen molar-refractivity contribution in [3.05, 3.63) is 18.3 Å². The zero-order valence-corrected chi connectivity index (χ0v) is 11.7. The fraction of sp³-hybridized carbons (Fsp3) is 0.545. The van der Waals surface area contributed by atoms with E-state index in [1.54, 1.807) is 12.1 Å². The van der Waals surface area contributed by atoms with Crippen molar-refractivity contribution in [2.45, 2.75) is 11.8 Å². The van der Waals surface area contributed by atoms with Gasteiger partial charge in [-0.15, -0.1) is 0 Å². The highest BCUT2D eigenvalue weighted by Gasteiger charge is 2.20. The number of rotatable bonds is 7. The first-order valence-corrected chi connectivity index (χ1v) is 7.11. The third-order valence-corrected chi connectivity index (χ3v) is 4.25. The lowest BCUT2D eigenvalue weighted by molar-refractivity contribution is 0.185. The van der Waals surface area contributed by atoms with Gasteiger partial charge in [-0.1, -0.05) is 0 Å². The maximum absolute atomic E-state index is 12.1. The van der Waals surface area contributed by atoms with Crippen molar-refractivity contribution in [2.75, 3.05) is 39.2 Å². The molecular weight excluding hydrogens is 254 g/mol. The second-order valence-electron chi connectivity index (χ2n) is 3.73. The Morgan fingerprint density at radius 3 is 2.67 bits per heavy atom. The highest BCUT2D eigenvalue weighted by molar-refractivity contribution is 7.89. The van der Waals surface area contributed by atoms with Crippen molar-refractivity contribution >= 4 is 15.8 Å². The van der Waals surface area contributed by atoms with Crippen LogP contribution in [-0.4, -0.2) is 51.6 Å². The van der Waals surface area contributed by atoms with Gasteiger partial charge in [-0.3, -0.25) is 0 Å². The molecule has 0 saturated carbocycles. The van der Waals surface area contributed by atoms with E-state index in [2.05, 4.69) is 10.3 Å². The van der Waals surface area contributed by atoms with Gasteiger partial charge in [-0.05, 0) is 19.1 Å². The summed E-state index contributed by atoms with van der Waals surface area (Å²) >= 11 is 0. The van der Waals surface area contributed by atoms with E-state index < -0.39 is 10.0 Å². The molecule has 0 saturated heterocycles. The van der Waals surface area contributed by atoms with Crippen molar-refractivity contribution in [2.24, 2.45) is 0 Å².